The number of nitrogens with zero attached hydrogens (tertiary/aromatic N) is 2. The minimum atomic E-state index is -1.75. The highest BCUT2D eigenvalue weighted by Gasteiger charge is 2.42. The molecule has 2 unspecified atom stereocenters. The predicted octanol–water partition coefficient (Wildman–Crippen LogP) is 4.55. The molecular formula is C28H31N3O3Si. The number of hydrogen-bond acceptors (Lipinski definition) is 3. The number of carbonyl (C=O) groups is 2. The van der Waals surface area contributed by atoms with E-state index < -0.39 is 20.0 Å². The fraction of sp³-hybridized carbons (Fsp3) is 0.286. The standard InChI is InChI=1S/C28H31N3O3Si/c1-34-19-18-31-25(15-20-35(2,3)4)26(23-9-5-6-10-24(23)28(31)33)27(32)29-21-11-13-22(14-12-21)30-16-7-8-17-30/h5-14,16-17,25-26H,18-19H2,1-4H3,(H,29,32). The van der Waals surface area contributed by atoms with Crippen molar-refractivity contribution in [2.75, 3.05) is 25.6 Å². The van der Waals surface area contributed by atoms with E-state index in [0.29, 0.717) is 30.0 Å². The maximum atomic E-state index is 13.8. The van der Waals surface area contributed by atoms with Crippen LogP contribution in [0.3, 0.4) is 0 Å². The van der Waals surface area contributed by atoms with Crippen molar-refractivity contribution in [2.45, 2.75) is 31.6 Å². The minimum Gasteiger partial charge on any atom is -0.383 e. The predicted molar refractivity (Wildman–Crippen MR) is 141 cm³/mol. The Morgan fingerprint density at radius 3 is 2.37 bits per heavy atom. The Labute approximate surface area is 207 Å². The van der Waals surface area contributed by atoms with E-state index in [4.69, 9.17) is 4.74 Å². The van der Waals surface area contributed by atoms with Gasteiger partial charge in [0.1, 0.15) is 14.1 Å². The maximum Gasteiger partial charge on any atom is 0.255 e. The van der Waals surface area contributed by atoms with Gasteiger partial charge in [0.05, 0.1) is 12.5 Å². The lowest BCUT2D eigenvalue weighted by Crippen LogP contribution is -2.51. The molecular weight excluding hydrogens is 454 g/mol. The van der Waals surface area contributed by atoms with E-state index in [0.717, 1.165) is 5.69 Å². The molecule has 0 spiro atoms. The monoisotopic (exact) mass is 485 g/mol. The third-order valence-electron chi connectivity index (χ3n) is 5.89. The second-order valence-corrected chi connectivity index (χ2v) is 14.4. The largest absolute Gasteiger partial charge is 0.383 e. The second kappa shape index (κ2) is 10.3. The zero-order valence-corrected chi connectivity index (χ0v) is 21.6. The first-order valence-electron chi connectivity index (χ1n) is 11.7. The van der Waals surface area contributed by atoms with Crippen LogP contribution in [-0.2, 0) is 9.53 Å². The Balaban J connectivity index is 1.70. The molecule has 3 aromatic rings. The number of ether oxygens (including phenoxy) is 1. The normalized spacial score (nSPS) is 17.4. The van der Waals surface area contributed by atoms with Crippen molar-refractivity contribution in [1.29, 1.82) is 0 Å². The molecule has 180 valence electrons. The number of methoxy groups -OCH3 is 1. The van der Waals surface area contributed by atoms with Gasteiger partial charge in [0, 0.05) is 43.0 Å². The van der Waals surface area contributed by atoms with E-state index in [1.54, 1.807) is 18.1 Å². The quantitative estimate of drug-likeness (QED) is 0.412. The second-order valence-electron chi connectivity index (χ2n) is 9.65. The summed E-state index contributed by atoms with van der Waals surface area (Å²) in [5, 5.41) is 3.07. The van der Waals surface area contributed by atoms with E-state index in [1.807, 2.05) is 71.6 Å². The zero-order chi connectivity index (χ0) is 25.0. The number of carbonyl (C=O) groups excluding carboxylic acids is 2. The molecule has 1 aliphatic rings. The number of rotatable bonds is 6. The third-order valence-corrected chi connectivity index (χ3v) is 6.78. The average Bonchev–Trinajstić information content (AvgIpc) is 3.37. The Bertz CT molecular complexity index is 1250. The van der Waals surface area contributed by atoms with E-state index in [2.05, 4.69) is 36.4 Å². The number of amides is 2. The molecule has 2 aromatic carbocycles. The lowest BCUT2D eigenvalue weighted by Gasteiger charge is -2.39. The first-order valence-corrected chi connectivity index (χ1v) is 15.2. The van der Waals surface area contributed by atoms with E-state index >= 15 is 0 Å². The fourth-order valence-electron chi connectivity index (χ4n) is 4.20. The van der Waals surface area contributed by atoms with E-state index in [-0.39, 0.29) is 11.8 Å². The summed E-state index contributed by atoms with van der Waals surface area (Å²) in [6, 6.07) is 18.4. The lowest BCUT2D eigenvalue weighted by atomic mass is 9.82. The number of nitrogens with one attached hydrogen (secondary N) is 1. The van der Waals surface area contributed by atoms with Crippen LogP contribution >= 0.6 is 0 Å². The van der Waals surface area contributed by atoms with Crippen LogP contribution in [0.4, 0.5) is 5.69 Å². The molecule has 0 aliphatic carbocycles. The molecule has 35 heavy (non-hydrogen) atoms. The van der Waals surface area contributed by atoms with E-state index in [9.17, 15) is 9.59 Å². The number of benzene rings is 2. The number of fused-ring (bicyclic) bond motifs is 1. The molecule has 2 atom stereocenters. The molecule has 0 saturated carbocycles. The van der Waals surface area contributed by atoms with Crippen molar-refractivity contribution in [2.24, 2.45) is 0 Å². The molecule has 6 nitrogen and oxygen atoms in total. The van der Waals surface area contributed by atoms with Gasteiger partial charge in [-0.2, -0.15) is 0 Å². The summed E-state index contributed by atoms with van der Waals surface area (Å²) in [5.74, 6) is 2.41. The van der Waals surface area contributed by atoms with Gasteiger partial charge < -0.3 is 19.5 Å². The molecule has 1 aromatic heterocycles. The maximum absolute atomic E-state index is 13.8. The van der Waals surface area contributed by atoms with Gasteiger partial charge in [-0.1, -0.05) is 43.8 Å². The summed E-state index contributed by atoms with van der Waals surface area (Å²) in [5.41, 5.74) is 6.34. The van der Waals surface area contributed by atoms with Gasteiger partial charge in [-0.3, -0.25) is 9.59 Å². The number of hydrogen-bond donors (Lipinski definition) is 1. The molecule has 0 radical (unpaired) electrons. The van der Waals surface area contributed by atoms with Gasteiger partial charge in [-0.15, -0.1) is 5.54 Å². The van der Waals surface area contributed by atoms with Crippen LogP contribution in [-0.4, -0.2) is 55.7 Å². The average molecular weight is 486 g/mol. The topological polar surface area (TPSA) is 63.6 Å². The first kappa shape index (κ1) is 24.5. The van der Waals surface area contributed by atoms with Crippen molar-refractivity contribution >= 4 is 25.6 Å². The van der Waals surface area contributed by atoms with Crippen molar-refractivity contribution < 1.29 is 14.3 Å². The molecule has 0 saturated heterocycles. The van der Waals surface area contributed by atoms with Crippen LogP contribution in [0.5, 0.6) is 0 Å². The van der Waals surface area contributed by atoms with Crippen molar-refractivity contribution in [3.05, 3.63) is 84.2 Å². The van der Waals surface area contributed by atoms with Gasteiger partial charge >= 0.3 is 0 Å². The highest BCUT2D eigenvalue weighted by Crippen LogP contribution is 2.34. The summed E-state index contributed by atoms with van der Waals surface area (Å²) < 4.78 is 7.28. The fourth-order valence-corrected chi connectivity index (χ4v) is 4.79. The van der Waals surface area contributed by atoms with Gasteiger partial charge in [0.2, 0.25) is 5.91 Å². The highest BCUT2D eigenvalue weighted by molar-refractivity contribution is 6.83. The summed E-state index contributed by atoms with van der Waals surface area (Å²) in [6.45, 7) is 7.19. The Hall–Kier alpha value is -3.60. The lowest BCUT2D eigenvalue weighted by molar-refractivity contribution is -0.118. The number of aromatic nitrogens is 1. The molecule has 4 rings (SSSR count). The summed E-state index contributed by atoms with van der Waals surface area (Å²) in [4.78, 5) is 28.9. The highest BCUT2D eigenvalue weighted by atomic mass is 28.3. The Morgan fingerprint density at radius 2 is 1.71 bits per heavy atom. The molecule has 0 fully saturated rings. The van der Waals surface area contributed by atoms with Gasteiger partial charge in [0.15, 0.2) is 0 Å². The summed E-state index contributed by atoms with van der Waals surface area (Å²) >= 11 is 0. The molecule has 2 heterocycles. The van der Waals surface area contributed by atoms with E-state index in [1.165, 1.54) is 0 Å². The summed E-state index contributed by atoms with van der Waals surface area (Å²) in [6.07, 6.45) is 3.94. The van der Waals surface area contributed by atoms with Gasteiger partial charge in [0.25, 0.3) is 5.91 Å². The Kier molecular flexibility index (Phi) is 7.25. The molecule has 1 aliphatic heterocycles. The van der Waals surface area contributed by atoms with Crippen LogP contribution in [0, 0.1) is 11.5 Å². The van der Waals surface area contributed by atoms with Crippen molar-refractivity contribution in [3.63, 3.8) is 0 Å². The zero-order valence-electron chi connectivity index (χ0n) is 20.6. The van der Waals surface area contributed by atoms with Crippen LogP contribution < -0.4 is 5.32 Å². The molecule has 2 amide bonds. The summed E-state index contributed by atoms with van der Waals surface area (Å²) in [7, 11) is -0.147. The SMILES string of the molecule is COCCN1C(=O)c2ccccc2C(C(=O)Nc2ccc(-n3cccc3)cc2)C1C#C[Si](C)(C)C. The van der Waals surface area contributed by atoms with Crippen LogP contribution in [0.1, 0.15) is 21.8 Å². The number of anilines is 1. The van der Waals surface area contributed by atoms with Crippen LogP contribution in [0.25, 0.3) is 5.69 Å². The van der Waals surface area contributed by atoms with Crippen molar-refractivity contribution in [3.8, 4) is 17.2 Å². The minimum absolute atomic E-state index is 0.118. The molecule has 0 bridgehead atoms. The molecule has 1 N–H and O–H groups in total. The van der Waals surface area contributed by atoms with Crippen LogP contribution in [0.15, 0.2) is 73.1 Å². The Morgan fingerprint density at radius 1 is 1.03 bits per heavy atom. The first-order chi connectivity index (χ1) is 16.8. The van der Waals surface area contributed by atoms with Crippen LogP contribution in [0.2, 0.25) is 19.6 Å². The van der Waals surface area contributed by atoms with Gasteiger partial charge in [-0.25, -0.2) is 0 Å². The van der Waals surface area contributed by atoms with Gasteiger partial charge in [-0.05, 0) is 48.0 Å². The van der Waals surface area contributed by atoms with Crippen molar-refractivity contribution in [1.82, 2.24) is 9.47 Å². The molecule has 7 heteroatoms. The smallest absolute Gasteiger partial charge is 0.255 e. The third kappa shape index (κ3) is 5.56.